The summed E-state index contributed by atoms with van der Waals surface area (Å²) in [6, 6.07) is 11.2. The molecule has 3 rings (SSSR count). The van der Waals surface area contributed by atoms with E-state index in [2.05, 4.69) is 17.2 Å². The Morgan fingerprint density at radius 1 is 1.07 bits per heavy atom. The van der Waals surface area contributed by atoms with Gasteiger partial charge in [0.1, 0.15) is 17.4 Å². The summed E-state index contributed by atoms with van der Waals surface area (Å²) in [5, 5.41) is 4.60. The van der Waals surface area contributed by atoms with E-state index in [4.69, 9.17) is 9.47 Å². The Balaban J connectivity index is 1.94. The highest BCUT2D eigenvalue weighted by molar-refractivity contribution is 6.03. The third-order valence-electron chi connectivity index (χ3n) is 7.29. The Kier molecular flexibility index (Phi) is 10.9. The molecule has 3 atom stereocenters. The number of carbonyl (C=O) groups excluding carboxylic acids is 2. The van der Waals surface area contributed by atoms with Crippen LogP contribution in [0.5, 0.6) is 5.75 Å². The van der Waals surface area contributed by atoms with E-state index < -0.39 is 54.4 Å². The second-order valence-electron chi connectivity index (χ2n) is 10.4. The number of methoxy groups -OCH3 is 1. The van der Waals surface area contributed by atoms with Gasteiger partial charge in [0.05, 0.1) is 13.7 Å². The second-order valence-corrected chi connectivity index (χ2v) is 10.4. The lowest BCUT2D eigenvalue weighted by Gasteiger charge is -2.45. The zero-order valence-electron chi connectivity index (χ0n) is 24.4. The lowest BCUT2D eigenvalue weighted by molar-refractivity contribution is -0.213. The van der Waals surface area contributed by atoms with E-state index in [1.165, 1.54) is 31.4 Å². The standard InChI is InChI=1S/C32H34F6N2O4/c1-5-24(43-4)14-9-21(3)39-28(41)27-26(22-10-7-20(2)8-11-22)19-30(32(36,37)38,40-29(27)42)23-12-15-25(16-13-23)44-18-6-17-31(33,34)35/h5,7-16,26-27H,3,6,17-19H2,1-2,4H3,(H,39,41)(H,40,42)/b14-9-,24-5+/t26?,27?,30-/m0/s1. The van der Waals surface area contributed by atoms with Crippen molar-refractivity contribution in [3.63, 3.8) is 0 Å². The molecule has 2 unspecified atom stereocenters. The van der Waals surface area contributed by atoms with Gasteiger partial charge in [-0.2, -0.15) is 26.3 Å². The van der Waals surface area contributed by atoms with Crippen LogP contribution in [0.4, 0.5) is 26.3 Å². The maximum Gasteiger partial charge on any atom is 0.415 e. The predicted octanol–water partition coefficient (Wildman–Crippen LogP) is 7.13. The summed E-state index contributed by atoms with van der Waals surface area (Å²) in [6.07, 6.45) is -6.79. The van der Waals surface area contributed by atoms with Gasteiger partial charge < -0.3 is 20.1 Å². The summed E-state index contributed by atoms with van der Waals surface area (Å²) in [4.78, 5) is 26.9. The number of alkyl halides is 6. The number of rotatable bonds is 11. The molecular weight excluding hydrogens is 590 g/mol. The van der Waals surface area contributed by atoms with Crippen LogP contribution >= 0.6 is 0 Å². The van der Waals surface area contributed by atoms with Crippen molar-refractivity contribution in [3.8, 4) is 5.75 Å². The number of aryl methyl sites for hydroxylation is 1. The van der Waals surface area contributed by atoms with Gasteiger partial charge in [-0.05, 0) is 68.2 Å². The summed E-state index contributed by atoms with van der Waals surface area (Å²) in [5.74, 6) is -4.14. The lowest BCUT2D eigenvalue weighted by Crippen LogP contribution is -2.64. The highest BCUT2D eigenvalue weighted by Crippen LogP contribution is 2.50. The molecule has 2 N–H and O–H groups in total. The molecule has 0 radical (unpaired) electrons. The van der Waals surface area contributed by atoms with Crippen LogP contribution in [0.25, 0.3) is 0 Å². The maximum absolute atomic E-state index is 15.0. The zero-order chi connectivity index (χ0) is 32.7. The summed E-state index contributed by atoms with van der Waals surface area (Å²) in [5.41, 5.74) is -1.90. The van der Waals surface area contributed by atoms with Crippen LogP contribution in [0.2, 0.25) is 0 Å². The molecular formula is C32H34F6N2O4. The molecule has 0 saturated carbocycles. The third kappa shape index (κ3) is 8.45. The fourth-order valence-electron chi connectivity index (χ4n) is 4.98. The number of allylic oxidation sites excluding steroid dienone is 3. The van der Waals surface area contributed by atoms with Crippen LogP contribution in [0.1, 0.15) is 48.8 Å². The van der Waals surface area contributed by atoms with Crippen molar-refractivity contribution in [1.82, 2.24) is 10.6 Å². The first-order valence-corrected chi connectivity index (χ1v) is 13.7. The summed E-state index contributed by atoms with van der Waals surface area (Å²) >= 11 is 0. The molecule has 12 heteroatoms. The molecule has 1 heterocycles. The number of ether oxygens (including phenoxy) is 2. The molecule has 1 aliphatic rings. The van der Waals surface area contributed by atoms with Crippen molar-refractivity contribution < 1.29 is 45.4 Å². The van der Waals surface area contributed by atoms with Crippen LogP contribution in [-0.4, -0.2) is 37.9 Å². The molecule has 2 aromatic rings. The highest BCUT2D eigenvalue weighted by Gasteiger charge is 2.62. The minimum atomic E-state index is -4.99. The number of piperidine rings is 1. The van der Waals surface area contributed by atoms with Gasteiger partial charge in [-0.1, -0.05) is 48.5 Å². The summed E-state index contributed by atoms with van der Waals surface area (Å²) < 4.78 is 92.4. The lowest BCUT2D eigenvalue weighted by atomic mass is 9.69. The van der Waals surface area contributed by atoms with Crippen molar-refractivity contribution >= 4 is 11.8 Å². The van der Waals surface area contributed by atoms with Crippen LogP contribution < -0.4 is 15.4 Å². The van der Waals surface area contributed by atoms with E-state index in [9.17, 15) is 35.9 Å². The molecule has 1 aliphatic heterocycles. The third-order valence-corrected chi connectivity index (χ3v) is 7.29. The van der Waals surface area contributed by atoms with Crippen LogP contribution in [-0.2, 0) is 19.9 Å². The molecule has 238 valence electrons. The SMILES string of the molecule is C=C(/C=C\C(=C/C)OC)NC(=O)C1C(=O)N[C@@](c2ccc(OCCCC(F)(F)F)cc2)(C(F)(F)F)CC1c1ccc(C)cc1. The smallest absolute Gasteiger partial charge is 0.415 e. The molecule has 1 saturated heterocycles. The van der Waals surface area contributed by atoms with E-state index in [0.717, 1.165) is 17.7 Å². The maximum atomic E-state index is 15.0. The number of halogens is 6. The Bertz CT molecular complexity index is 1380. The molecule has 0 spiro atoms. The first-order valence-electron chi connectivity index (χ1n) is 13.7. The van der Waals surface area contributed by atoms with E-state index in [0.29, 0.717) is 11.3 Å². The normalized spacial score (nSPS) is 21.1. The molecule has 2 aromatic carbocycles. The minimum absolute atomic E-state index is 0.0730. The van der Waals surface area contributed by atoms with Crippen molar-refractivity contribution in [3.05, 3.63) is 101 Å². The van der Waals surface area contributed by atoms with Crippen molar-refractivity contribution in [2.75, 3.05) is 13.7 Å². The average Bonchev–Trinajstić information content (AvgIpc) is 2.95. The minimum Gasteiger partial charge on any atom is -0.497 e. The van der Waals surface area contributed by atoms with Gasteiger partial charge in [0.25, 0.3) is 0 Å². The van der Waals surface area contributed by atoms with Crippen LogP contribution in [0.3, 0.4) is 0 Å². The number of amides is 2. The van der Waals surface area contributed by atoms with E-state index >= 15 is 0 Å². The van der Waals surface area contributed by atoms with Gasteiger partial charge in [0, 0.05) is 18.0 Å². The fraction of sp³-hybridized carbons (Fsp3) is 0.375. The van der Waals surface area contributed by atoms with Gasteiger partial charge in [-0.25, -0.2) is 0 Å². The molecule has 0 aromatic heterocycles. The first kappa shape index (κ1) is 34.3. The number of nitrogens with one attached hydrogen (secondary N) is 2. The molecule has 1 fully saturated rings. The molecule has 0 bridgehead atoms. The Hall–Kier alpha value is -4.22. The summed E-state index contributed by atoms with van der Waals surface area (Å²) in [7, 11) is 1.45. The van der Waals surface area contributed by atoms with Gasteiger partial charge in [-0.3, -0.25) is 9.59 Å². The number of carbonyl (C=O) groups is 2. The van der Waals surface area contributed by atoms with Crippen molar-refractivity contribution in [2.24, 2.45) is 5.92 Å². The molecule has 2 amide bonds. The topological polar surface area (TPSA) is 76.7 Å². The van der Waals surface area contributed by atoms with E-state index in [-0.39, 0.29) is 30.0 Å². The number of hydrogen-bond donors (Lipinski definition) is 2. The molecule has 44 heavy (non-hydrogen) atoms. The van der Waals surface area contributed by atoms with Gasteiger partial charge in [0.15, 0.2) is 5.54 Å². The molecule has 0 aliphatic carbocycles. The van der Waals surface area contributed by atoms with Crippen LogP contribution in [0, 0.1) is 12.8 Å². The monoisotopic (exact) mass is 624 g/mol. The molecule has 6 nitrogen and oxygen atoms in total. The van der Waals surface area contributed by atoms with E-state index in [1.807, 2.05) is 0 Å². The van der Waals surface area contributed by atoms with Gasteiger partial charge in [-0.15, -0.1) is 0 Å². The number of hydrogen-bond acceptors (Lipinski definition) is 4. The zero-order valence-corrected chi connectivity index (χ0v) is 24.4. The fourth-order valence-corrected chi connectivity index (χ4v) is 4.98. The second kappa shape index (κ2) is 14.0. The van der Waals surface area contributed by atoms with Crippen molar-refractivity contribution in [1.29, 1.82) is 0 Å². The average molecular weight is 625 g/mol. The highest BCUT2D eigenvalue weighted by atomic mass is 19.4. The Morgan fingerprint density at radius 2 is 1.70 bits per heavy atom. The Labute approximate surface area is 251 Å². The largest absolute Gasteiger partial charge is 0.497 e. The van der Waals surface area contributed by atoms with Gasteiger partial charge in [0.2, 0.25) is 11.8 Å². The van der Waals surface area contributed by atoms with E-state index in [1.54, 1.807) is 44.2 Å². The predicted molar refractivity (Wildman–Crippen MR) is 152 cm³/mol. The van der Waals surface area contributed by atoms with Gasteiger partial charge >= 0.3 is 12.4 Å². The first-order chi connectivity index (χ1) is 20.6. The quantitative estimate of drug-likeness (QED) is 0.0917. The summed E-state index contributed by atoms with van der Waals surface area (Å²) in [6.45, 7) is 6.99. The number of benzene rings is 2. The van der Waals surface area contributed by atoms with Crippen molar-refractivity contribution in [2.45, 2.75) is 56.9 Å². The Morgan fingerprint density at radius 3 is 2.25 bits per heavy atom. The van der Waals surface area contributed by atoms with Crippen LogP contribution in [0.15, 0.2) is 84.8 Å².